The van der Waals surface area contributed by atoms with Crippen LogP contribution in [-0.2, 0) is 9.53 Å². The molecule has 0 unspecified atom stereocenters. The summed E-state index contributed by atoms with van der Waals surface area (Å²) in [5, 5.41) is 0. The third kappa shape index (κ3) is 2.90. The van der Waals surface area contributed by atoms with Crippen LogP contribution < -0.4 is 0 Å². The van der Waals surface area contributed by atoms with Gasteiger partial charge in [0, 0.05) is 6.42 Å². The maximum absolute atomic E-state index is 11.4. The van der Waals surface area contributed by atoms with Crippen molar-refractivity contribution in [2.75, 3.05) is 33.8 Å². The average Bonchev–Trinajstić information content (AvgIpc) is 2.12. The number of likely N-dealkylation sites (N-methyl/N-ethyl adjacent to an activating group) is 1. The van der Waals surface area contributed by atoms with E-state index in [0.717, 1.165) is 29.6 Å². The van der Waals surface area contributed by atoms with Crippen molar-refractivity contribution in [1.82, 2.24) is 0 Å². The quantitative estimate of drug-likeness (QED) is 0.365. The second-order valence-electron chi connectivity index (χ2n) is 4.12. The molecule has 0 radical (unpaired) electrons. The lowest BCUT2D eigenvalue weighted by molar-refractivity contribution is -0.886. The molecule has 1 aliphatic rings. The molecule has 76 valence electrons. The van der Waals surface area contributed by atoms with Crippen molar-refractivity contribution in [2.24, 2.45) is 0 Å². The Morgan fingerprint density at radius 1 is 1.71 bits per heavy atom. The fraction of sp³-hybridized carbons (Fsp3) is 0.545. The van der Waals surface area contributed by atoms with Crippen molar-refractivity contribution in [3.63, 3.8) is 0 Å². The highest BCUT2D eigenvalue weighted by Crippen LogP contribution is 2.14. The first-order valence-corrected chi connectivity index (χ1v) is 4.67. The van der Waals surface area contributed by atoms with Gasteiger partial charge in [-0.2, -0.15) is 0 Å². The molecule has 0 saturated heterocycles. The van der Waals surface area contributed by atoms with Crippen LogP contribution >= 0.6 is 0 Å². The van der Waals surface area contributed by atoms with Crippen LogP contribution in [0.2, 0.25) is 0 Å². The van der Waals surface area contributed by atoms with Crippen LogP contribution in [0.1, 0.15) is 6.42 Å². The van der Waals surface area contributed by atoms with E-state index in [-0.39, 0.29) is 12.6 Å². The zero-order valence-electron chi connectivity index (χ0n) is 8.75. The summed E-state index contributed by atoms with van der Waals surface area (Å²) in [5.74, 6) is 2.01. The number of hydrogen-bond donors (Lipinski definition) is 0. The maximum Gasteiger partial charge on any atom is 0.340 e. The molecule has 0 atom stereocenters. The summed E-state index contributed by atoms with van der Waals surface area (Å²) in [6.45, 7) is 1.85. The Morgan fingerprint density at radius 3 is 3.00 bits per heavy atom. The smallest absolute Gasteiger partial charge is 0.340 e. The molecule has 0 aromatic heterocycles. The highest BCUT2D eigenvalue weighted by Gasteiger charge is 2.25. The third-order valence-electron chi connectivity index (χ3n) is 2.27. The minimum Gasteiger partial charge on any atom is -0.449 e. The number of quaternary nitrogens is 1. The van der Waals surface area contributed by atoms with Crippen molar-refractivity contribution < 1.29 is 14.0 Å². The van der Waals surface area contributed by atoms with Gasteiger partial charge in [-0.25, -0.2) is 4.79 Å². The predicted octanol–water partition coefficient (Wildman–Crippen LogP) is 0.569. The van der Waals surface area contributed by atoms with Crippen molar-refractivity contribution in [2.45, 2.75) is 6.42 Å². The number of ether oxygens (including phenoxy) is 1. The molecule has 0 aliphatic carbocycles. The van der Waals surface area contributed by atoms with Gasteiger partial charge in [0.2, 0.25) is 0 Å². The molecule has 0 aromatic rings. The molecule has 0 fully saturated rings. The minimum absolute atomic E-state index is 0.0591. The van der Waals surface area contributed by atoms with E-state index in [1.807, 2.05) is 6.08 Å². The van der Waals surface area contributed by atoms with E-state index in [4.69, 9.17) is 11.2 Å². The van der Waals surface area contributed by atoms with Gasteiger partial charge in [-0.05, 0) is 0 Å². The summed E-state index contributed by atoms with van der Waals surface area (Å²) < 4.78 is 5.70. The molecule has 3 heteroatoms. The molecule has 0 saturated carbocycles. The Labute approximate surface area is 84.9 Å². The van der Waals surface area contributed by atoms with Crippen molar-refractivity contribution in [1.29, 1.82) is 0 Å². The van der Waals surface area contributed by atoms with Crippen LogP contribution in [0.3, 0.4) is 0 Å². The zero-order chi connectivity index (χ0) is 10.6. The van der Waals surface area contributed by atoms with Crippen molar-refractivity contribution in [3.8, 4) is 12.3 Å². The minimum atomic E-state index is -0.270. The number of carbonyl (C=O) groups is 1. The van der Waals surface area contributed by atoms with E-state index in [2.05, 4.69) is 20.0 Å². The first kappa shape index (κ1) is 10.8. The summed E-state index contributed by atoms with van der Waals surface area (Å²) in [4.78, 5) is 11.4. The normalized spacial score (nSPS) is 19.4. The number of esters is 1. The van der Waals surface area contributed by atoms with Crippen molar-refractivity contribution >= 4 is 5.97 Å². The molecule has 0 spiro atoms. The largest absolute Gasteiger partial charge is 0.449 e. The van der Waals surface area contributed by atoms with Crippen LogP contribution in [0.25, 0.3) is 0 Å². The van der Waals surface area contributed by atoms with Gasteiger partial charge in [-0.15, -0.1) is 6.42 Å². The van der Waals surface area contributed by atoms with Gasteiger partial charge in [-0.3, -0.25) is 0 Å². The molecule has 1 aliphatic heterocycles. The van der Waals surface area contributed by atoms with E-state index >= 15 is 0 Å². The molecule has 0 amide bonds. The lowest BCUT2D eigenvalue weighted by Crippen LogP contribution is -2.45. The van der Waals surface area contributed by atoms with Gasteiger partial charge in [-0.1, -0.05) is 12.0 Å². The lowest BCUT2D eigenvalue weighted by Gasteiger charge is -2.32. The standard InChI is InChI=1S/C11H16NO2/c1-4-8-14-11(13)10-6-5-7-12(2,3)9-10/h1,6H,5,7-9H2,2-3H3/q+1. The third-order valence-corrected chi connectivity index (χ3v) is 2.27. The summed E-state index contributed by atoms with van der Waals surface area (Å²) in [6.07, 6.45) is 7.88. The zero-order valence-corrected chi connectivity index (χ0v) is 8.75. The van der Waals surface area contributed by atoms with Crippen LogP contribution in [-0.4, -0.2) is 44.2 Å². The number of terminal acetylenes is 1. The second-order valence-corrected chi connectivity index (χ2v) is 4.12. The molecule has 0 bridgehead atoms. The van der Waals surface area contributed by atoms with Crippen LogP contribution in [0, 0.1) is 12.3 Å². The van der Waals surface area contributed by atoms with Crippen LogP contribution in [0.15, 0.2) is 11.6 Å². The first-order chi connectivity index (χ1) is 6.55. The van der Waals surface area contributed by atoms with E-state index in [1.54, 1.807) is 0 Å². The first-order valence-electron chi connectivity index (χ1n) is 4.67. The molecular weight excluding hydrogens is 178 g/mol. The van der Waals surface area contributed by atoms with Gasteiger partial charge in [0.25, 0.3) is 0 Å². The Morgan fingerprint density at radius 2 is 2.43 bits per heavy atom. The molecule has 0 aromatic carbocycles. The molecule has 14 heavy (non-hydrogen) atoms. The highest BCUT2D eigenvalue weighted by molar-refractivity contribution is 5.88. The molecule has 1 heterocycles. The van der Waals surface area contributed by atoms with E-state index in [0.29, 0.717) is 0 Å². The molecule has 3 nitrogen and oxygen atoms in total. The highest BCUT2D eigenvalue weighted by atomic mass is 16.5. The number of hydrogen-bond acceptors (Lipinski definition) is 2. The van der Waals surface area contributed by atoms with Crippen LogP contribution in [0.5, 0.6) is 0 Å². The summed E-state index contributed by atoms with van der Waals surface area (Å²) in [6, 6.07) is 0. The molecule has 0 N–H and O–H groups in total. The predicted molar refractivity (Wildman–Crippen MR) is 54.3 cm³/mol. The van der Waals surface area contributed by atoms with Gasteiger partial charge < -0.3 is 9.22 Å². The Kier molecular flexibility index (Phi) is 3.32. The Balaban J connectivity index is 2.57. The van der Waals surface area contributed by atoms with E-state index in [9.17, 15) is 4.79 Å². The van der Waals surface area contributed by atoms with E-state index in [1.165, 1.54) is 0 Å². The SMILES string of the molecule is C#CCOC(=O)C1=CCC[N+](C)(C)C1. The second kappa shape index (κ2) is 4.30. The number of carbonyl (C=O) groups excluding carboxylic acids is 1. The van der Waals surface area contributed by atoms with Crippen molar-refractivity contribution in [3.05, 3.63) is 11.6 Å². The average molecular weight is 194 g/mol. The summed E-state index contributed by atoms with van der Waals surface area (Å²) in [5.41, 5.74) is 0.747. The van der Waals surface area contributed by atoms with Crippen LogP contribution in [0.4, 0.5) is 0 Å². The van der Waals surface area contributed by atoms with E-state index < -0.39 is 0 Å². The maximum atomic E-state index is 11.4. The fourth-order valence-electron chi connectivity index (χ4n) is 1.54. The summed E-state index contributed by atoms with van der Waals surface area (Å²) in [7, 11) is 4.20. The van der Waals surface area contributed by atoms with Gasteiger partial charge in [0.1, 0.15) is 6.54 Å². The van der Waals surface area contributed by atoms with Gasteiger partial charge >= 0.3 is 5.97 Å². The molecule has 1 rings (SSSR count). The summed E-state index contributed by atoms with van der Waals surface area (Å²) >= 11 is 0. The Bertz CT molecular complexity index is 297. The van der Waals surface area contributed by atoms with Gasteiger partial charge in [0.05, 0.1) is 26.2 Å². The Hall–Kier alpha value is -1.27. The molecular formula is C11H16NO2+. The van der Waals surface area contributed by atoms with Gasteiger partial charge in [0.15, 0.2) is 6.61 Å². The fourth-order valence-corrected chi connectivity index (χ4v) is 1.54. The number of rotatable bonds is 2. The number of nitrogens with zero attached hydrogens (tertiary/aromatic N) is 1. The lowest BCUT2D eigenvalue weighted by atomic mass is 10.1. The monoisotopic (exact) mass is 194 g/mol. The topological polar surface area (TPSA) is 26.3 Å².